The van der Waals surface area contributed by atoms with E-state index in [1.807, 2.05) is 6.92 Å². The van der Waals surface area contributed by atoms with Crippen molar-refractivity contribution in [3.8, 4) is 0 Å². The second kappa shape index (κ2) is 6.12. The SMILES string of the molecule is COCC(C)N(C)c1sc([C@@H](C)O)cc1[N+](=O)[O-]. The molecule has 1 rings (SSSR count). The van der Waals surface area contributed by atoms with Crippen LogP contribution in [-0.2, 0) is 4.74 Å². The highest BCUT2D eigenvalue weighted by atomic mass is 32.1. The molecule has 0 radical (unpaired) electrons. The molecule has 0 saturated heterocycles. The van der Waals surface area contributed by atoms with Gasteiger partial charge in [-0.15, -0.1) is 11.3 Å². The number of methoxy groups -OCH3 is 1. The van der Waals surface area contributed by atoms with Crippen molar-refractivity contribution in [2.75, 3.05) is 25.7 Å². The zero-order valence-corrected chi connectivity index (χ0v) is 11.7. The Morgan fingerprint density at radius 1 is 1.61 bits per heavy atom. The molecule has 1 N–H and O–H groups in total. The molecular weight excluding hydrogens is 256 g/mol. The minimum Gasteiger partial charge on any atom is -0.388 e. The molecule has 0 aliphatic carbocycles. The molecule has 0 saturated carbocycles. The molecule has 0 bridgehead atoms. The number of hydrogen-bond acceptors (Lipinski definition) is 6. The standard InChI is InChI=1S/C11H18N2O4S/c1-7(6-17-4)12(3)11-9(13(15)16)5-10(18-11)8(2)14/h5,7-8,14H,6H2,1-4H3/t7?,8-/m1/s1. The number of rotatable bonds is 6. The summed E-state index contributed by atoms with van der Waals surface area (Å²) < 4.78 is 5.04. The molecule has 6 nitrogen and oxygen atoms in total. The number of thiophene rings is 1. The molecule has 18 heavy (non-hydrogen) atoms. The van der Waals surface area contributed by atoms with Gasteiger partial charge in [0, 0.05) is 25.1 Å². The van der Waals surface area contributed by atoms with E-state index in [1.54, 1.807) is 26.0 Å². The lowest BCUT2D eigenvalue weighted by Gasteiger charge is -2.24. The number of aliphatic hydroxyl groups is 1. The molecule has 0 fully saturated rings. The van der Waals surface area contributed by atoms with E-state index in [1.165, 1.54) is 17.4 Å². The fourth-order valence-electron chi connectivity index (χ4n) is 1.53. The van der Waals surface area contributed by atoms with Crippen molar-refractivity contribution in [1.82, 2.24) is 0 Å². The van der Waals surface area contributed by atoms with Crippen LogP contribution in [0.1, 0.15) is 24.8 Å². The maximum atomic E-state index is 11.0. The summed E-state index contributed by atoms with van der Waals surface area (Å²) in [6.45, 7) is 4.00. The van der Waals surface area contributed by atoms with Crippen LogP contribution < -0.4 is 4.90 Å². The molecule has 2 atom stereocenters. The van der Waals surface area contributed by atoms with E-state index in [-0.39, 0.29) is 11.7 Å². The average molecular weight is 274 g/mol. The number of likely N-dealkylation sites (N-methyl/N-ethyl adjacent to an activating group) is 1. The van der Waals surface area contributed by atoms with Gasteiger partial charge in [0.15, 0.2) is 5.00 Å². The molecule has 1 heterocycles. The summed E-state index contributed by atoms with van der Waals surface area (Å²) in [6.07, 6.45) is -0.700. The van der Waals surface area contributed by atoms with Crippen molar-refractivity contribution < 1.29 is 14.8 Å². The molecule has 0 aliphatic heterocycles. The van der Waals surface area contributed by atoms with Gasteiger partial charge in [0.25, 0.3) is 0 Å². The van der Waals surface area contributed by atoms with Gasteiger partial charge in [-0.05, 0) is 13.8 Å². The smallest absolute Gasteiger partial charge is 0.304 e. The van der Waals surface area contributed by atoms with Crippen molar-refractivity contribution in [3.05, 3.63) is 21.1 Å². The molecular formula is C11H18N2O4S. The van der Waals surface area contributed by atoms with E-state index in [9.17, 15) is 15.2 Å². The fraction of sp³-hybridized carbons (Fsp3) is 0.636. The maximum Gasteiger partial charge on any atom is 0.304 e. The lowest BCUT2D eigenvalue weighted by molar-refractivity contribution is -0.383. The van der Waals surface area contributed by atoms with E-state index >= 15 is 0 Å². The second-order valence-electron chi connectivity index (χ2n) is 4.19. The lowest BCUT2D eigenvalue weighted by Crippen LogP contribution is -2.32. The first-order valence-corrected chi connectivity index (χ1v) is 6.38. The van der Waals surface area contributed by atoms with E-state index in [4.69, 9.17) is 4.74 Å². The highest BCUT2D eigenvalue weighted by Crippen LogP contribution is 2.40. The first kappa shape index (κ1) is 14.9. The zero-order valence-electron chi connectivity index (χ0n) is 10.9. The number of aliphatic hydroxyl groups excluding tert-OH is 1. The van der Waals surface area contributed by atoms with Gasteiger partial charge in [-0.1, -0.05) is 0 Å². The van der Waals surface area contributed by atoms with Crippen molar-refractivity contribution in [1.29, 1.82) is 0 Å². The van der Waals surface area contributed by atoms with Gasteiger partial charge in [-0.2, -0.15) is 0 Å². The zero-order chi connectivity index (χ0) is 13.9. The minimum atomic E-state index is -0.700. The van der Waals surface area contributed by atoms with Crippen molar-refractivity contribution in [2.45, 2.75) is 26.0 Å². The number of nitrogens with zero attached hydrogens (tertiary/aromatic N) is 2. The van der Waals surface area contributed by atoms with Crippen LogP contribution in [0.5, 0.6) is 0 Å². The topological polar surface area (TPSA) is 75.8 Å². The molecule has 0 amide bonds. The van der Waals surface area contributed by atoms with E-state index in [0.29, 0.717) is 16.5 Å². The molecule has 1 unspecified atom stereocenters. The Hall–Kier alpha value is -1.18. The number of anilines is 1. The predicted octanol–water partition coefficient (Wildman–Crippen LogP) is 2.18. The van der Waals surface area contributed by atoms with E-state index < -0.39 is 11.0 Å². The Balaban J connectivity index is 3.09. The van der Waals surface area contributed by atoms with Crippen molar-refractivity contribution in [2.24, 2.45) is 0 Å². The summed E-state index contributed by atoms with van der Waals surface area (Å²) in [5.74, 6) is 0. The monoisotopic (exact) mass is 274 g/mol. The molecule has 1 aromatic heterocycles. The van der Waals surface area contributed by atoms with Crippen LogP contribution >= 0.6 is 11.3 Å². The second-order valence-corrected chi connectivity index (χ2v) is 5.25. The van der Waals surface area contributed by atoms with Crippen LogP contribution in [0, 0.1) is 10.1 Å². The molecule has 0 spiro atoms. The Morgan fingerprint density at radius 3 is 2.67 bits per heavy atom. The maximum absolute atomic E-state index is 11.0. The summed E-state index contributed by atoms with van der Waals surface area (Å²) >= 11 is 1.24. The lowest BCUT2D eigenvalue weighted by atomic mass is 10.3. The Bertz CT molecular complexity index is 419. The number of nitro groups is 1. The van der Waals surface area contributed by atoms with Crippen LogP contribution in [-0.4, -0.2) is 36.8 Å². The third-order valence-electron chi connectivity index (χ3n) is 2.71. The van der Waals surface area contributed by atoms with Crippen LogP contribution in [0.15, 0.2) is 6.07 Å². The fourth-order valence-corrected chi connectivity index (χ4v) is 2.66. The average Bonchev–Trinajstić information content (AvgIpc) is 2.73. The Morgan fingerprint density at radius 2 is 2.22 bits per heavy atom. The first-order valence-electron chi connectivity index (χ1n) is 5.56. The summed E-state index contributed by atoms with van der Waals surface area (Å²) in [6, 6.07) is 1.45. The Kier molecular flexibility index (Phi) is 5.06. The number of hydrogen-bond donors (Lipinski definition) is 1. The highest BCUT2D eigenvalue weighted by Gasteiger charge is 2.25. The molecule has 1 aromatic rings. The van der Waals surface area contributed by atoms with Crippen molar-refractivity contribution >= 4 is 22.0 Å². The van der Waals surface area contributed by atoms with Gasteiger partial charge in [0.2, 0.25) is 0 Å². The molecule has 0 aliphatic rings. The van der Waals surface area contributed by atoms with Gasteiger partial charge in [-0.25, -0.2) is 0 Å². The summed E-state index contributed by atoms with van der Waals surface area (Å²) in [7, 11) is 3.38. The van der Waals surface area contributed by atoms with Crippen LogP contribution in [0.25, 0.3) is 0 Å². The van der Waals surface area contributed by atoms with Gasteiger partial charge >= 0.3 is 5.69 Å². The quantitative estimate of drug-likeness (QED) is 0.635. The van der Waals surface area contributed by atoms with Crippen LogP contribution in [0.2, 0.25) is 0 Å². The summed E-state index contributed by atoms with van der Waals surface area (Å²) in [4.78, 5) is 13.0. The first-order chi connectivity index (χ1) is 8.38. The van der Waals surface area contributed by atoms with Gasteiger partial charge in [0.1, 0.15) is 0 Å². The van der Waals surface area contributed by atoms with Gasteiger partial charge in [-0.3, -0.25) is 10.1 Å². The van der Waals surface area contributed by atoms with Gasteiger partial charge in [0.05, 0.1) is 23.7 Å². The number of ether oxygens (including phenoxy) is 1. The highest BCUT2D eigenvalue weighted by molar-refractivity contribution is 7.16. The summed E-state index contributed by atoms with van der Waals surface area (Å²) in [5.41, 5.74) is 0.0290. The summed E-state index contributed by atoms with van der Waals surface area (Å²) in [5, 5.41) is 21.1. The third-order valence-corrected chi connectivity index (χ3v) is 4.10. The molecule has 102 valence electrons. The van der Waals surface area contributed by atoms with Crippen LogP contribution in [0.4, 0.5) is 10.7 Å². The minimum absolute atomic E-state index is 0.0224. The molecule has 7 heteroatoms. The Labute approximate surface area is 110 Å². The van der Waals surface area contributed by atoms with E-state index in [2.05, 4.69) is 0 Å². The molecule has 0 aromatic carbocycles. The van der Waals surface area contributed by atoms with Crippen molar-refractivity contribution in [3.63, 3.8) is 0 Å². The van der Waals surface area contributed by atoms with Crippen LogP contribution in [0.3, 0.4) is 0 Å². The van der Waals surface area contributed by atoms with E-state index in [0.717, 1.165) is 0 Å². The van der Waals surface area contributed by atoms with Gasteiger partial charge < -0.3 is 14.7 Å². The largest absolute Gasteiger partial charge is 0.388 e. The predicted molar refractivity (Wildman–Crippen MR) is 71.3 cm³/mol. The third kappa shape index (κ3) is 3.18. The normalized spacial score (nSPS) is 14.3.